The molecule has 2 aromatic rings. The molecular formula is C25H29NOS. The molecule has 1 N–H and O–H groups in total. The van der Waals surface area contributed by atoms with E-state index in [1.165, 1.54) is 44.1 Å². The van der Waals surface area contributed by atoms with E-state index >= 15 is 0 Å². The van der Waals surface area contributed by atoms with Crippen molar-refractivity contribution in [2.75, 3.05) is 5.32 Å². The second kappa shape index (κ2) is 7.26. The third kappa shape index (κ3) is 3.50. The summed E-state index contributed by atoms with van der Waals surface area (Å²) in [5, 5.41) is 2.98. The Morgan fingerprint density at radius 3 is 2.07 bits per heavy atom. The van der Waals surface area contributed by atoms with Gasteiger partial charge in [-0.2, -0.15) is 0 Å². The minimum Gasteiger partial charge on any atom is -0.325 e. The zero-order chi connectivity index (χ0) is 19.1. The van der Waals surface area contributed by atoms with Crippen molar-refractivity contribution in [1.82, 2.24) is 0 Å². The standard InChI is InChI=1S/C25H29NOS/c1-17(28-23-5-3-2-4-6-23)24(27)26-22-9-7-21(8-10-22)25-14-18-11-19(15-25)13-20(12-18)16-25/h2-10,17-20H,11-16H2,1H3,(H,26,27). The quantitative estimate of drug-likeness (QED) is 0.608. The number of carbonyl (C=O) groups excluding carboxylic acids is 1. The molecule has 4 bridgehead atoms. The Balaban J connectivity index is 1.25. The Hall–Kier alpha value is -1.74. The van der Waals surface area contributed by atoms with Gasteiger partial charge >= 0.3 is 0 Å². The Morgan fingerprint density at radius 1 is 0.929 bits per heavy atom. The summed E-state index contributed by atoms with van der Waals surface area (Å²) in [7, 11) is 0. The largest absolute Gasteiger partial charge is 0.325 e. The number of benzene rings is 2. The SMILES string of the molecule is CC(Sc1ccccc1)C(=O)Nc1ccc(C23CC4CC(CC(C4)C2)C3)cc1. The van der Waals surface area contributed by atoms with E-state index in [0.29, 0.717) is 5.41 Å². The maximum absolute atomic E-state index is 12.6. The van der Waals surface area contributed by atoms with Crippen LogP contribution in [-0.2, 0) is 10.2 Å². The van der Waals surface area contributed by atoms with Crippen LogP contribution < -0.4 is 5.32 Å². The van der Waals surface area contributed by atoms with Crippen molar-refractivity contribution in [2.45, 2.75) is 61.0 Å². The van der Waals surface area contributed by atoms with Crippen LogP contribution in [0.15, 0.2) is 59.5 Å². The number of carbonyl (C=O) groups is 1. The van der Waals surface area contributed by atoms with E-state index in [0.717, 1.165) is 28.3 Å². The van der Waals surface area contributed by atoms with E-state index in [1.54, 1.807) is 11.8 Å². The van der Waals surface area contributed by atoms with Gasteiger partial charge in [-0.3, -0.25) is 4.79 Å². The lowest BCUT2D eigenvalue weighted by molar-refractivity contribution is -0.115. The molecule has 1 unspecified atom stereocenters. The molecule has 4 fully saturated rings. The molecule has 6 rings (SSSR count). The summed E-state index contributed by atoms with van der Waals surface area (Å²) in [5.74, 6) is 2.95. The molecule has 3 heteroatoms. The molecule has 1 atom stereocenters. The lowest BCUT2D eigenvalue weighted by Crippen LogP contribution is -2.48. The number of thioether (sulfide) groups is 1. The summed E-state index contributed by atoms with van der Waals surface area (Å²) in [5.41, 5.74) is 2.85. The van der Waals surface area contributed by atoms with Gasteiger partial charge in [0.1, 0.15) is 0 Å². The number of anilines is 1. The highest BCUT2D eigenvalue weighted by Crippen LogP contribution is 2.60. The summed E-state index contributed by atoms with van der Waals surface area (Å²) in [6, 6.07) is 18.9. The fraction of sp³-hybridized carbons (Fsp3) is 0.480. The van der Waals surface area contributed by atoms with Crippen LogP contribution in [-0.4, -0.2) is 11.2 Å². The molecule has 2 aromatic carbocycles. The Bertz CT molecular complexity index is 809. The smallest absolute Gasteiger partial charge is 0.237 e. The molecule has 1 amide bonds. The van der Waals surface area contributed by atoms with Gasteiger partial charge in [-0.1, -0.05) is 30.3 Å². The average Bonchev–Trinajstić information content (AvgIpc) is 2.68. The highest BCUT2D eigenvalue weighted by Gasteiger charge is 2.51. The summed E-state index contributed by atoms with van der Waals surface area (Å²) in [6.07, 6.45) is 8.58. The first kappa shape index (κ1) is 18.3. The Morgan fingerprint density at radius 2 is 1.50 bits per heavy atom. The van der Waals surface area contributed by atoms with E-state index in [-0.39, 0.29) is 11.2 Å². The Labute approximate surface area is 172 Å². The molecule has 0 aromatic heterocycles. The monoisotopic (exact) mass is 391 g/mol. The normalized spacial score (nSPS) is 31.5. The van der Waals surface area contributed by atoms with Gasteiger partial charge in [-0.05, 0) is 98.4 Å². The van der Waals surface area contributed by atoms with Crippen molar-refractivity contribution in [3.05, 3.63) is 60.2 Å². The van der Waals surface area contributed by atoms with Crippen LogP contribution in [0.4, 0.5) is 5.69 Å². The van der Waals surface area contributed by atoms with Crippen LogP contribution in [0.25, 0.3) is 0 Å². The van der Waals surface area contributed by atoms with Gasteiger partial charge < -0.3 is 5.32 Å². The summed E-state index contributed by atoms with van der Waals surface area (Å²) in [4.78, 5) is 13.7. The topological polar surface area (TPSA) is 29.1 Å². The number of nitrogens with one attached hydrogen (secondary N) is 1. The molecule has 4 aliphatic rings. The molecule has 0 heterocycles. The molecule has 2 nitrogen and oxygen atoms in total. The number of amides is 1. The average molecular weight is 392 g/mol. The first-order valence-corrected chi connectivity index (χ1v) is 11.6. The highest BCUT2D eigenvalue weighted by molar-refractivity contribution is 8.00. The number of rotatable bonds is 5. The van der Waals surface area contributed by atoms with Crippen LogP contribution in [0.1, 0.15) is 51.0 Å². The highest BCUT2D eigenvalue weighted by atomic mass is 32.2. The van der Waals surface area contributed by atoms with Gasteiger partial charge in [0.05, 0.1) is 5.25 Å². The minimum atomic E-state index is -0.120. The molecule has 4 saturated carbocycles. The van der Waals surface area contributed by atoms with E-state index < -0.39 is 0 Å². The van der Waals surface area contributed by atoms with Gasteiger partial charge in [-0.25, -0.2) is 0 Å². The molecule has 0 radical (unpaired) electrons. The van der Waals surface area contributed by atoms with E-state index in [1.807, 2.05) is 25.1 Å². The first-order valence-electron chi connectivity index (χ1n) is 10.7. The van der Waals surface area contributed by atoms with Crippen molar-refractivity contribution in [1.29, 1.82) is 0 Å². The van der Waals surface area contributed by atoms with Crippen molar-refractivity contribution in [2.24, 2.45) is 17.8 Å². The molecule has 4 aliphatic carbocycles. The zero-order valence-corrected chi connectivity index (χ0v) is 17.4. The van der Waals surface area contributed by atoms with Gasteiger partial charge in [0, 0.05) is 10.6 Å². The van der Waals surface area contributed by atoms with E-state index in [2.05, 4.69) is 41.7 Å². The van der Waals surface area contributed by atoms with Crippen molar-refractivity contribution >= 4 is 23.4 Å². The van der Waals surface area contributed by atoms with Gasteiger partial charge in [0.25, 0.3) is 0 Å². The molecule has 0 aliphatic heterocycles. The van der Waals surface area contributed by atoms with Crippen LogP contribution in [0.5, 0.6) is 0 Å². The molecular weight excluding hydrogens is 362 g/mol. The second-order valence-electron chi connectivity index (χ2n) is 9.34. The molecule has 0 saturated heterocycles. The minimum absolute atomic E-state index is 0.0661. The van der Waals surface area contributed by atoms with Gasteiger partial charge in [-0.15, -0.1) is 11.8 Å². The van der Waals surface area contributed by atoms with E-state index in [9.17, 15) is 4.79 Å². The lowest BCUT2D eigenvalue weighted by Gasteiger charge is -2.57. The summed E-state index contributed by atoms with van der Waals surface area (Å²) >= 11 is 1.60. The summed E-state index contributed by atoms with van der Waals surface area (Å²) in [6.45, 7) is 1.97. The number of hydrogen-bond acceptors (Lipinski definition) is 2. The maximum Gasteiger partial charge on any atom is 0.237 e. The van der Waals surface area contributed by atoms with Crippen molar-refractivity contribution in [3.63, 3.8) is 0 Å². The van der Waals surface area contributed by atoms with Gasteiger partial charge in [0.15, 0.2) is 0 Å². The van der Waals surface area contributed by atoms with Crippen LogP contribution in [0.2, 0.25) is 0 Å². The van der Waals surface area contributed by atoms with E-state index in [4.69, 9.17) is 0 Å². The third-order valence-electron chi connectivity index (χ3n) is 7.23. The molecule has 28 heavy (non-hydrogen) atoms. The predicted octanol–water partition coefficient (Wildman–Crippen LogP) is 6.27. The Kier molecular flexibility index (Phi) is 4.74. The fourth-order valence-corrected chi connectivity index (χ4v) is 7.26. The fourth-order valence-electron chi connectivity index (χ4n) is 6.37. The first-order chi connectivity index (χ1) is 13.6. The number of hydrogen-bond donors (Lipinski definition) is 1. The molecule has 0 spiro atoms. The lowest BCUT2D eigenvalue weighted by atomic mass is 9.48. The second-order valence-corrected chi connectivity index (χ2v) is 10.8. The third-order valence-corrected chi connectivity index (χ3v) is 8.34. The van der Waals surface area contributed by atoms with Crippen molar-refractivity contribution in [3.8, 4) is 0 Å². The van der Waals surface area contributed by atoms with Crippen LogP contribution in [0.3, 0.4) is 0 Å². The zero-order valence-electron chi connectivity index (χ0n) is 16.6. The maximum atomic E-state index is 12.6. The van der Waals surface area contributed by atoms with Crippen LogP contribution in [0, 0.1) is 17.8 Å². The molecule has 146 valence electrons. The van der Waals surface area contributed by atoms with Crippen LogP contribution >= 0.6 is 11.8 Å². The van der Waals surface area contributed by atoms with Gasteiger partial charge in [0.2, 0.25) is 5.91 Å². The predicted molar refractivity (Wildman–Crippen MR) is 117 cm³/mol. The van der Waals surface area contributed by atoms with Crippen molar-refractivity contribution < 1.29 is 4.79 Å². The summed E-state index contributed by atoms with van der Waals surface area (Å²) < 4.78 is 0.